The molecule has 1 aliphatic carbocycles. The molecular formula is C10H16N2O. The largest absolute Gasteiger partial charge is 0.344 e. The highest BCUT2D eigenvalue weighted by molar-refractivity contribution is 5.80. The number of amides is 1. The van der Waals surface area contributed by atoms with Crippen molar-refractivity contribution >= 4 is 5.91 Å². The number of carbonyl (C=O) groups is 1. The van der Waals surface area contributed by atoms with Gasteiger partial charge in [0.1, 0.15) is 5.92 Å². The molecule has 0 bridgehead atoms. The number of nitriles is 1. The van der Waals surface area contributed by atoms with E-state index < -0.39 is 5.92 Å². The van der Waals surface area contributed by atoms with E-state index in [0.717, 1.165) is 12.5 Å². The van der Waals surface area contributed by atoms with Crippen molar-refractivity contribution < 1.29 is 4.79 Å². The Morgan fingerprint density at radius 3 is 2.69 bits per heavy atom. The average Bonchev–Trinajstić information content (AvgIpc) is 2.79. The third-order valence-electron chi connectivity index (χ3n) is 2.72. The minimum Gasteiger partial charge on any atom is -0.344 e. The first kappa shape index (κ1) is 10.0. The van der Waals surface area contributed by atoms with Crippen molar-refractivity contribution in [2.24, 2.45) is 17.8 Å². The van der Waals surface area contributed by atoms with Crippen molar-refractivity contribution in [2.45, 2.75) is 20.3 Å². The molecule has 0 N–H and O–H groups in total. The molecule has 1 saturated carbocycles. The highest BCUT2D eigenvalue weighted by atomic mass is 16.2. The zero-order chi connectivity index (χ0) is 10.0. The van der Waals surface area contributed by atoms with Gasteiger partial charge in [-0.2, -0.15) is 5.26 Å². The normalized spacial score (nSPS) is 27.5. The van der Waals surface area contributed by atoms with Crippen LogP contribution in [-0.2, 0) is 4.79 Å². The number of hydrogen-bond donors (Lipinski definition) is 0. The molecule has 1 rings (SSSR count). The number of nitrogens with zero attached hydrogens (tertiary/aromatic N) is 2. The standard InChI is InChI=1S/C10H16N2O/c1-7-4-9(7)6-12(3)10(13)8(2)5-11/h7-9H,4,6H2,1-3H3. The lowest BCUT2D eigenvalue weighted by molar-refractivity contribution is -0.132. The van der Waals surface area contributed by atoms with Crippen LogP contribution in [0.25, 0.3) is 0 Å². The fourth-order valence-electron chi connectivity index (χ4n) is 1.48. The molecule has 3 heteroatoms. The van der Waals surface area contributed by atoms with Crippen LogP contribution in [0.5, 0.6) is 0 Å². The minimum atomic E-state index is -0.501. The Labute approximate surface area is 79.3 Å². The van der Waals surface area contributed by atoms with E-state index in [-0.39, 0.29) is 5.91 Å². The van der Waals surface area contributed by atoms with Crippen LogP contribution >= 0.6 is 0 Å². The summed E-state index contributed by atoms with van der Waals surface area (Å²) < 4.78 is 0. The van der Waals surface area contributed by atoms with Gasteiger partial charge in [0.15, 0.2) is 0 Å². The predicted octanol–water partition coefficient (Wildman–Crippen LogP) is 1.26. The molecule has 0 radical (unpaired) electrons. The van der Waals surface area contributed by atoms with E-state index >= 15 is 0 Å². The molecule has 1 amide bonds. The van der Waals surface area contributed by atoms with Gasteiger partial charge < -0.3 is 4.90 Å². The average molecular weight is 180 g/mol. The first-order chi connectivity index (χ1) is 6.06. The molecule has 0 saturated heterocycles. The second-order valence-electron chi connectivity index (χ2n) is 4.04. The molecule has 3 nitrogen and oxygen atoms in total. The van der Waals surface area contributed by atoms with E-state index in [1.165, 1.54) is 6.42 Å². The van der Waals surface area contributed by atoms with Crippen molar-refractivity contribution in [3.8, 4) is 6.07 Å². The summed E-state index contributed by atoms with van der Waals surface area (Å²) >= 11 is 0. The Morgan fingerprint density at radius 2 is 2.31 bits per heavy atom. The van der Waals surface area contributed by atoms with E-state index in [4.69, 9.17) is 5.26 Å². The molecule has 0 aromatic heterocycles. The maximum Gasteiger partial charge on any atom is 0.239 e. The van der Waals surface area contributed by atoms with Gasteiger partial charge in [0, 0.05) is 13.6 Å². The Hall–Kier alpha value is -1.04. The van der Waals surface area contributed by atoms with Crippen LogP contribution in [0.4, 0.5) is 0 Å². The number of carbonyl (C=O) groups excluding carboxylic acids is 1. The van der Waals surface area contributed by atoms with E-state index in [9.17, 15) is 4.79 Å². The summed E-state index contributed by atoms with van der Waals surface area (Å²) in [6, 6.07) is 1.96. The predicted molar refractivity (Wildman–Crippen MR) is 49.7 cm³/mol. The summed E-state index contributed by atoms with van der Waals surface area (Å²) in [4.78, 5) is 13.1. The third-order valence-corrected chi connectivity index (χ3v) is 2.72. The van der Waals surface area contributed by atoms with Gasteiger partial charge in [0.25, 0.3) is 0 Å². The number of hydrogen-bond acceptors (Lipinski definition) is 2. The molecular weight excluding hydrogens is 164 g/mol. The van der Waals surface area contributed by atoms with Gasteiger partial charge in [-0.05, 0) is 25.2 Å². The van der Waals surface area contributed by atoms with E-state index in [1.54, 1.807) is 18.9 Å². The topological polar surface area (TPSA) is 44.1 Å². The van der Waals surface area contributed by atoms with Gasteiger partial charge in [-0.1, -0.05) is 6.92 Å². The van der Waals surface area contributed by atoms with E-state index in [1.807, 2.05) is 6.07 Å². The van der Waals surface area contributed by atoms with Gasteiger partial charge in [0.2, 0.25) is 5.91 Å². The van der Waals surface area contributed by atoms with Gasteiger partial charge >= 0.3 is 0 Å². The minimum absolute atomic E-state index is 0.0541. The van der Waals surface area contributed by atoms with Crippen molar-refractivity contribution in [1.82, 2.24) is 4.90 Å². The third kappa shape index (κ3) is 2.45. The number of rotatable bonds is 3. The van der Waals surface area contributed by atoms with Crippen molar-refractivity contribution in [2.75, 3.05) is 13.6 Å². The first-order valence-corrected chi connectivity index (χ1v) is 4.70. The molecule has 1 fully saturated rings. The molecule has 0 aromatic rings. The lowest BCUT2D eigenvalue weighted by atomic mass is 10.2. The van der Waals surface area contributed by atoms with Crippen LogP contribution in [0.15, 0.2) is 0 Å². The first-order valence-electron chi connectivity index (χ1n) is 4.70. The van der Waals surface area contributed by atoms with Gasteiger partial charge in [0.05, 0.1) is 6.07 Å². The van der Waals surface area contributed by atoms with Gasteiger partial charge in [-0.25, -0.2) is 0 Å². The molecule has 3 atom stereocenters. The summed E-state index contributed by atoms with van der Waals surface area (Å²) in [7, 11) is 1.78. The molecule has 0 heterocycles. The van der Waals surface area contributed by atoms with Gasteiger partial charge in [-0.3, -0.25) is 4.79 Å². The highest BCUT2D eigenvalue weighted by Crippen LogP contribution is 2.38. The highest BCUT2D eigenvalue weighted by Gasteiger charge is 2.34. The smallest absolute Gasteiger partial charge is 0.239 e. The lowest BCUT2D eigenvalue weighted by Crippen LogP contribution is -2.32. The van der Waals surface area contributed by atoms with Crippen molar-refractivity contribution in [3.05, 3.63) is 0 Å². The zero-order valence-electron chi connectivity index (χ0n) is 8.45. The van der Waals surface area contributed by atoms with Gasteiger partial charge in [-0.15, -0.1) is 0 Å². The molecule has 1 aliphatic rings. The molecule has 0 aromatic carbocycles. The van der Waals surface area contributed by atoms with Crippen LogP contribution in [-0.4, -0.2) is 24.4 Å². The maximum absolute atomic E-state index is 11.4. The van der Waals surface area contributed by atoms with Crippen molar-refractivity contribution in [3.63, 3.8) is 0 Å². The SMILES string of the molecule is CC(C#N)C(=O)N(C)CC1CC1C. The summed E-state index contributed by atoms with van der Waals surface area (Å²) in [5, 5.41) is 8.56. The zero-order valence-corrected chi connectivity index (χ0v) is 8.45. The van der Waals surface area contributed by atoms with Crippen LogP contribution in [0.1, 0.15) is 20.3 Å². The lowest BCUT2D eigenvalue weighted by Gasteiger charge is -2.17. The fraction of sp³-hybridized carbons (Fsp3) is 0.800. The summed E-state index contributed by atoms with van der Waals surface area (Å²) in [5.41, 5.74) is 0. The van der Waals surface area contributed by atoms with E-state index in [0.29, 0.717) is 5.92 Å². The second kappa shape index (κ2) is 3.78. The second-order valence-corrected chi connectivity index (χ2v) is 4.04. The summed E-state index contributed by atoms with van der Waals surface area (Å²) in [6.07, 6.45) is 1.22. The fourth-order valence-corrected chi connectivity index (χ4v) is 1.48. The summed E-state index contributed by atoms with van der Waals surface area (Å²) in [6.45, 7) is 4.65. The van der Waals surface area contributed by atoms with Crippen LogP contribution < -0.4 is 0 Å². The quantitative estimate of drug-likeness (QED) is 0.656. The van der Waals surface area contributed by atoms with Crippen molar-refractivity contribution in [1.29, 1.82) is 5.26 Å². The molecule has 3 unspecified atom stereocenters. The molecule has 13 heavy (non-hydrogen) atoms. The molecule has 72 valence electrons. The van der Waals surface area contributed by atoms with Crippen LogP contribution in [0.2, 0.25) is 0 Å². The Bertz CT molecular complexity index is 244. The Balaban J connectivity index is 2.35. The molecule has 0 spiro atoms. The Kier molecular flexibility index (Phi) is 2.92. The van der Waals surface area contributed by atoms with Crippen LogP contribution in [0.3, 0.4) is 0 Å². The summed E-state index contributed by atoms with van der Waals surface area (Å²) in [5.74, 6) is 0.869. The monoisotopic (exact) mass is 180 g/mol. The Morgan fingerprint density at radius 1 is 1.77 bits per heavy atom. The molecule has 0 aliphatic heterocycles. The van der Waals surface area contributed by atoms with E-state index in [2.05, 4.69) is 6.92 Å². The van der Waals surface area contributed by atoms with Crippen LogP contribution in [0, 0.1) is 29.1 Å². The maximum atomic E-state index is 11.4.